The van der Waals surface area contributed by atoms with Gasteiger partial charge in [-0.05, 0) is 63.6 Å². The molecule has 2 aromatic heterocycles. The van der Waals surface area contributed by atoms with Crippen molar-refractivity contribution in [3.63, 3.8) is 0 Å². The summed E-state index contributed by atoms with van der Waals surface area (Å²) in [7, 11) is -1.07. The highest BCUT2D eigenvalue weighted by atomic mass is 32.2. The van der Waals surface area contributed by atoms with Crippen molar-refractivity contribution in [2.45, 2.75) is 63.6 Å². The number of aryl methyl sites for hydroxylation is 1. The van der Waals surface area contributed by atoms with E-state index in [9.17, 15) is 13.5 Å². The van der Waals surface area contributed by atoms with E-state index >= 15 is 0 Å². The predicted octanol–water partition coefficient (Wildman–Crippen LogP) is 2.77. The van der Waals surface area contributed by atoms with Gasteiger partial charge in [0.25, 0.3) is 0 Å². The van der Waals surface area contributed by atoms with Crippen molar-refractivity contribution in [2.75, 3.05) is 18.9 Å². The Hall–Kier alpha value is -3.29. The number of para-hydroxylation sites is 1. The summed E-state index contributed by atoms with van der Waals surface area (Å²) in [6.07, 6.45) is 2.55. The largest absolute Gasteiger partial charge is 0.494 e. The molecule has 4 unspecified atom stereocenters. The second-order valence-electron chi connectivity index (χ2n) is 10.4. The molecule has 0 saturated heterocycles. The first-order valence-corrected chi connectivity index (χ1v) is 14.4. The zero-order valence-electron chi connectivity index (χ0n) is 22.8. The zero-order chi connectivity index (χ0) is 28.1. The first kappa shape index (κ1) is 27.3. The maximum atomic E-state index is 13.8. The van der Waals surface area contributed by atoms with Gasteiger partial charge < -0.3 is 19.3 Å². The van der Waals surface area contributed by atoms with E-state index in [0.717, 1.165) is 12.0 Å². The number of aliphatic hydroxyl groups excluding tert-OH is 1. The first-order valence-electron chi connectivity index (χ1n) is 12.9. The molecule has 0 aliphatic heterocycles. The maximum absolute atomic E-state index is 13.8. The van der Waals surface area contributed by atoms with Crippen LogP contribution in [-0.4, -0.2) is 69.9 Å². The molecule has 0 radical (unpaired) electrons. The van der Waals surface area contributed by atoms with Gasteiger partial charge in [-0.25, -0.2) is 18.4 Å². The van der Waals surface area contributed by atoms with Gasteiger partial charge in [-0.3, -0.25) is 9.29 Å². The molecule has 3 fully saturated rings. The molecular formula is C26H34N6O6S. The number of hydrogen-bond donors (Lipinski definition) is 2. The fourth-order valence-corrected chi connectivity index (χ4v) is 6.33. The van der Waals surface area contributed by atoms with Crippen molar-refractivity contribution in [3.05, 3.63) is 47.8 Å². The molecule has 3 saturated carbocycles. The van der Waals surface area contributed by atoms with Crippen LogP contribution in [0.1, 0.15) is 56.4 Å². The van der Waals surface area contributed by atoms with E-state index in [1.54, 1.807) is 42.1 Å². The third kappa shape index (κ3) is 4.72. The van der Waals surface area contributed by atoms with Crippen LogP contribution >= 0.6 is 0 Å². The van der Waals surface area contributed by atoms with Crippen LogP contribution in [0, 0.1) is 18.8 Å². The third-order valence-electron chi connectivity index (χ3n) is 7.58. The van der Waals surface area contributed by atoms with Crippen LogP contribution in [-0.2, 0) is 14.8 Å². The summed E-state index contributed by atoms with van der Waals surface area (Å²) in [5, 5.41) is 17.8. The highest BCUT2D eigenvalue weighted by molar-refractivity contribution is 7.93. The van der Waals surface area contributed by atoms with Crippen LogP contribution in [0.25, 0.3) is 5.69 Å². The number of benzene rings is 1. The average Bonchev–Trinajstić information content (AvgIpc) is 3.26. The molecule has 39 heavy (non-hydrogen) atoms. The lowest BCUT2D eigenvalue weighted by Crippen LogP contribution is -2.62. The van der Waals surface area contributed by atoms with Gasteiger partial charge in [-0.2, -0.15) is 0 Å². The molecule has 2 N–H and O–H groups in total. The molecule has 0 amide bonds. The monoisotopic (exact) mass is 558 g/mol. The number of nitrogens with one attached hydrogen (secondary N) is 1. The van der Waals surface area contributed by atoms with Crippen molar-refractivity contribution in [2.24, 2.45) is 11.8 Å². The average molecular weight is 559 g/mol. The molecule has 1 aromatic carbocycles. The minimum absolute atomic E-state index is 0.0199. The van der Waals surface area contributed by atoms with Crippen molar-refractivity contribution in [1.82, 2.24) is 24.7 Å². The van der Waals surface area contributed by atoms with Gasteiger partial charge in [0.2, 0.25) is 16.0 Å². The summed E-state index contributed by atoms with van der Waals surface area (Å²) < 4.78 is 49.1. The van der Waals surface area contributed by atoms with Crippen molar-refractivity contribution >= 4 is 16.0 Å². The highest BCUT2D eigenvalue weighted by Gasteiger charge is 2.63. The zero-order valence-corrected chi connectivity index (χ0v) is 23.6. The van der Waals surface area contributed by atoms with Gasteiger partial charge in [0.15, 0.2) is 5.82 Å². The second-order valence-corrected chi connectivity index (χ2v) is 12.4. The van der Waals surface area contributed by atoms with Crippen molar-refractivity contribution in [3.8, 4) is 17.2 Å². The molecule has 4 atom stereocenters. The fourth-order valence-electron chi connectivity index (χ4n) is 5.25. The SMILES string of the molecule is COc1cccc(OC)c1-n1c(NS(=O)(=O)C(C)C(OC(C)C)c2ncc(C)cn2)nnc1C1C2CC1C2O. The van der Waals surface area contributed by atoms with E-state index in [1.807, 2.05) is 20.8 Å². The van der Waals surface area contributed by atoms with Crippen molar-refractivity contribution < 1.29 is 27.7 Å². The Bertz CT molecular complexity index is 1410. The van der Waals surface area contributed by atoms with Crippen LogP contribution in [0.4, 0.5) is 5.95 Å². The molecule has 6 rings (SSSR count). The van der Waals surface area contributed by atoms with Crippen LogP contribution in [0.5, 0.6) is 11.5 Å². The van der Waals surface area contributed by atoms with E-state index in [-0.39, 0.29) is 41.7 Å². The molecule has 210 valence electrons. The number of hydrogen-bond acceptors (Lipinski definition) is 10. The molecule has 12 nitrogen and oxygen atoms in total. The van der Waals surface area contributed by atoms with Gasteiger partial charge in [0.05, 0.1) is 26.4 Å². The molecule has 3 aromatic rings. The number of anilines is 1. The summed E-state index contributed by atoms with van der Waals surface area (Å²) in [6, 6.07) is 5.28. The smallest absolute Gasteiger partial charge is 0.243 e. The standard InChI is InChI=1S/C26H34N6O6S/c1-13(2)38-23(24-27-11-14(3)12-28-24)15(4)39(34,35)31-26-30-29-25(20-16-10-17(20)22(16)33)32(26)21-18(36-5)8-7-9-19(21)37-6/h7-9,11-13,15-17,20,22-23,33H,10H2,1-6H3,(H,30,31). The second kappa shape index (κ2) is 10.4. The maximum Gasteiger partial charge on any atom is 0.243 e. The minimum Gasteiger partial charge on any atom is -0.494 e. The van der Waals surface area contributed by atoms with E-state index in [0.29, 0.717) is 23.0 Å². The number of ether oxygens (including phenoxy) is 3. The predicted molar refractivity (Wildman–Crippen MR) is 143 cm³/mol. The van der Waals surface area contributed by atoms with Gasteiger partial charge in [0, 0.05) is 18.3 Å². The van der Waals surface area contributed by atoms with Crippen LogP contribution in [0.15, 0.2) is 30.6 Å². The Labute approximate surface area is 227 Å². The molecule has 2 heterocycles. The topological polar surface area (TPSA) is 151 Å². The number of aliphatic hydroxyl groups is 1. The lowest BCUT2D eigenvalue weighted by Gasteiger charge is -2.61. The minimum atomic E-state index is -4.11. The molecule has 3 aliphatic carbocycles. The summed E-state index contributed by atoms with van der Waals surface area (Å²) in [5.41, 5.74) is 1.31. The van der Waals surface area contributed by atoms with Gasteiger partial charge >= 0.3 is 0 Å². The summed E-state index contributed by atoms with van der Waals surface area (Å²) in [4.78, 5) is 8.66. The lowest BCUT2D eigenvalue weighted by molar-refractivity contribution is -0.178. The van der Waals surface area contributed by atoms with Gasteiger partial charge in [0.1, 0.15) is 34.4 Å². The lowest BCUT2D eigenvalue weighted by atomic mass is 9.45. The van der Waals surface area contributed by atoms with Crippen LogP contribution in [0.3, 0.4) is 0 Å². The van der Waals surface area contributed by atoms with Gasteiger partial charge in [-0.1, -0.05) is 6.07 Å². The molecule has 0 spiro atoms. The summed E-state index contributed by atoms with van der Waals surface area (Å²) in [5.74, 6) is 1.72. The Morgan fingerprint density at radius 2 is 1.67 bits per heavy atom. The van der Waals surface area contributed by atoms with Crippen LogP contribution in [0.2, 0.25) is 0 Å². The summed E-state index contributed by atoms with van der Waals surface area (Å²) >= 11 is 0. The van der Waals surface area contributed by atoms with E-state index < -0.39 is 21.4 Å². The Kier molecular flexibility index (Phi) is 7.25. The van der Waals surface area contributed by atoms with Crippen LogP contribution < -0.4 is 14.2 Å². The van der Waals surface area contributed by atoms with E-state index in [2.05, 4.69) is 24.9 Å². The third-order valence-corrected chi connectivity index (χ3v) is 9.27. The van der Waals surface area contributed by atoms with Crippen molar-refractivity contribution in [1.29, 1.82) is 0 Å². The van der Waals surface area contributed by atoms with E-state index in [1.165, 1.54) is 14.2 Å². The number of methoxy groups -OCH3 is 2. The Morgan fingerprint density at radius 3 is 2.18 bits per heavy atom. The van der Waals surface area contributed by atoms with E-state index in [4.69, 9.17) is 14.2 Å². The quantitative estimate of drug-likeness (QED) is 0.359. The molecular weight excluding hydrogens is 524 g/mol. The molecule has 13 heteroatoms. The normalized spacial score (nSPS) is 23.5. The number of rotatable bonds is 11. The number of sulfonamides is 1. The highest BCUT2D eigenvalue weighted by Crippen LogP contribution is 2.63. The Balaban J connectivity index is 1.56. The number of aromatic nitrogens is 5. The fraction of sp³-hybridized carbons (Fsp3) is 0.538. The Morgan fingerprint density at radius 1 is 1.05 bits per heavy atom. The number of nitrogens with zero attached hydrogens (tertiary/aromatic N) is 5. The van der Waals surface area contributed by atoms with Gasteiger partial charge in [-0.15, -0.1) is 10.2 Å². The first-order chi connectivity index (χ1) is 18.6. The summed E-state index contributed by atoms with van der Waals surface area (Å²) in [6.45, 7) is 7.04. The molecule has 2 bridgehead atoms. The molecule has 3 aliphatic rings.